The molecule has 31 heavy (non-hydrogen) atoms. The molecule has 0 saturated carbocycles. The molecule has 7 nitrogen and oxygen atoms in total. The fourth-order valence-corrected chi connectivity index (χ4v) is 3.17. The van der Waals surface area contributed by atoms with Gasteiger partial charge in [0.15, 0.2) is 0 Å². The molecular formula is C24H22N4O3. The lowest BCUT2D eigenvalue weighted by Crippen LogP contribution is -2.19. The van der Waals surface area contributed by atoms with E-state index in [1.54, 1.807) is 36.5 Å². The number of benzene rings is 2. The number of fused-ring (bicyclic) bond motifs is 1. The highest BCUT2D eigenvalue weighted by molar-refractivity contribution is 5.99. The average Bonchev–Trinajstić information content (AvgIpc) is 2.73. The number of ether oxygens (including phenoxy) is 1. The number of aryl methyl sites for hydroxylation is 2. The Labute approximate surface area is 179 Å². The topological polar surface area (TPSA) is 84.7 Å². The van der Waals surface area contributed by atoms with E-state index in [1.165, 1.54) is 10.5 Å². The van der Waals surface area contributed by atoms with Crippen molar-refractivity contribution in [3.63, 3.8) is 0 Å². The largest absolute Gasteiger partial charge is 0.487 e. The number of nitrogens with zero attached hydrogens (tertiary/aromatic N) is 2. The lowest BCUT2D eigenvalue weighted by Gasteiger charge is -2.11. The third-order valence-electron chi connectivity index (χ3n) is 4.62. The lowest BCUT2D eigenvalue weighted by atomic mass is 10.2. The maximum Gasteiger partial charge on any atom is 0.323 e. The summed E-state index contributed by atoms with van der Waals surface area (Å²) in [5, 5.41) is 5.59. The van der Waals surface area contributed by atoms with Gasteiger partial charge in [0, 0.05) is 29.7 Å². The standard InChI is InChI=1S/C24H22N4O3/c1-16-5-3-6-18(11-16)26-24(30)27-19-7-4-8-21(12-19)31-15-20-13-23(29)28-14-17(2)9-10-22(28)25-20/h3-14H,15H2,1-2H3,(H2,26,27,30). The smallest absolute Gasteiger partial charge is 0.323 e. The second kappa shape index (κ2) is 8.71. The van der Waals surface area contributed by atoms with E-state index in [9.17, 15) is 9.59 Å². The summed E-state index contributed by atoms with van der Waals surface area (Å²) in [5.41, 5.74) is 4.29. The van der Waals surface area contributed by atoms with Gasteiger partial charge in [0.2, 0.25) is 0 Å². The van der Waals surface area contributed by atoms with Crippen LogP contribution in [0.3, 0.4) is 0 Å². The number of anilines is 2. The van der Waals surface area contributed by atoms with Gasteiger partial charge in [-0.15, -0.1) is 0 Å². The Morgan fingerprint density at radius 2 is 1.68 bits per heavy atom. The van der Waals surface area contributed by atoms with Crippen molar-refractivity contribution in [1.29, 1.82) is 0 Å². The molecule has 0 aliphatic rings. The first-order valence-electron chi connectivity index (χ1n) is 9.83. The van der Waals surface area contributed by atoms with Crippen LogP contribution in [0.1, 0.15) is 16.8 Å². The van der Waals surface area contributed by atoms with Crippen molar-refractivity contribution in [1.82, 2.24) is 9.38 Å². The first-order chi connectivity index (χ1) is 15.0. The summed E-state index contributed by atoms with van der Waals surface area (Å²) in [4.78, 5) is 29.1. The molecule has 0 atom stereocenters. The Hall–Kier alpha value is -4.13. The molecule has 0 aliphatic carbocycles. The number of carbonyl (C=O) groups is 1. The molecule has 2 heterocycles. The summed E-state index contributed by atoms with van der Waals surface area (Å²) >= 11 is 0. The van der Waals surface area contributed by atoms with Gasteiger partial charge in [0.25, 0.3) is 5.56 Å². The van der Waals surface area contributed by atoms with Gasteiger partial charge in [0.05, 0.1) is 5.69 Å². The Balaban J connectivity index is 1.42. The summed E-state index contributed by atoms with van der Waals surface area (Å²) in [5.74, 6) is 0.555. The van der Waals surface area contributed by atoms with Crippen LogP contribution >= 0.6 is 0 Å². The van der Waals surface area contributed by atoms with E-state index >= 15 is 0 Å². The highest BCUT2D eigenvalue weighted by Crippen LogP contribution is 2.19. The van der Waals surface area contributed by atoms with Gasteiger partial charge in [-0.2, -0.15) is 0 Å². The van der Waals surface area contributed by atoms with Crippen LogP contribution in [0.15, 0.2) is 77.7 Å². The van der Waals surface area contributed by atoms with E-state index in [-0.39, 0.29) is 18.2 Å². The SMILES string of the molecule is Cc1cccc(NC(=O)Nc2cccc(OCc3cc(=O)n4cc(C)ccc4n3)c2)c1. The van der Waals surface area contributed by atoms with Gasteiger partial charge < -0.3 is 15.4 Å². The van der Waals surface area contributed by atoms with Crippen LogP contribution < -0.4 is 20.9 Å². The van der Waals surface area contributed by atoms with E-state index in [0.717, 1.165) is 11.1 Å². The van der Waals surface area contributed by atoms with E-state index in [1.807, 2.05) is 44.2 Å². The maximum absolute atomic E-state index is 12.3. The predicted molar refractivity (Wildman–Crippen MR) is 121 cm³/mol. The molecule has 0 fully saturated rings. The quantitative estimate of drug-likeness (QED) is 0.502. The summed E-state index contributed by atoms with van der Waals surface area (Å²) in [6.07, 6.45) is 1.76. The molecule has 4 aromatic rings. The van der Waals surface area contributed by atoms with Crippen LogP contribution in [0, 0.1) is 13.8 Å². The minimum Gasteiger partial charge on any atom is -0.487 e. The van der Waals surface area contributed by atoms with Crippen molar-refractivity contribution < 1.29 is 9.53 Å². The van der Waals surface area contributed by atoms with E-state index in [0.29, 0.717) is 28.5 Å². The Bertz CT molecular complexity index is 1310. The van der Waals surface area contributed by atoms with Crippen LogP contribution in [0.2, 0.25) is 0 Å². The first kappa shape index (κ1) is 20.2. The predicted octanol–water partition coefficient (Wildman–Crippen LogP) is 4.53. The van der Waals surface area contributed by atoms with Crippen molar-refractivity contribution >= 4 is 23.1 Å². The molecule has 2 aromatic carbocycles. The van der Waals surface area contributed by atoms with Crippen molar-refractivity contribution in [3.8, 4) is 5.75 Å². The van der Waals surface area contributed by atoms with Gasteiger partial charge in [0.1, 0.15) is 18.0 Å². The molecule has 156 valence electrons. The Morgan fingerprint density at radius 1 is 0.935 bits per heavy atom. The van der Waals surface area contributed by atoms with Gasteiger partial charge in [-0.25, -0.2) is 9.78 Å². The lowest BCUT2D eigenvalue weighted by molar-refractivity contribution is 0.262. The van der Waals surface area contributed by atoms with Gasteiger partial charge in [-0.05, 0) is 55.3 Å². The third-order valence-corrected chi connectivity index (χ3v) is 4.62. The number of amides is 2. The molecule has 0 radical (unpaired) electrons. The van der Waals surface area contributed by atoms with Crippen molar-refractivity contribution in [3.05, 3.63) is 100 Å². The zero-order chi connectivity index (χ0) is 21.8. The van der Waals surface area contributed by atoms with Gasteiger partial charge in [-0.3, -0.25) is 9.20 Å². The normalized spacial score (nSPS) is 10.6. The molecular weight excluding hydrogens is 392 g/mol. The molecule has 4 rings (SSSR count). The summed E-state index contributed by atoms with van der Waals surface area (Å²) < 4.78 is 7.30. The minimum atomic E-state index is -0.345. The molecule has 0 aliphatic heterocycles. The van der Waals surface area contributed by atoms with E-state index in [4.69, 9.17) is 4.74 Å². The fourth-order valence-electron chi connectivity index (χ4n) is 3.17. The highest BCUT2D eigenvalue weighted by atomic mass is 16.5. The molecule has 2 aromatic heterocycles. The summed E-state index contributed by atoms with van der Waals surface area (Å²) in [6, 6.07) is 19.4. The Kier molecular flexibility index (Phi) is 5.66. The number of rotatable bonds is 5. The molecule has 0 saturated heterocycles. The molecule has 2 N–H and O–H groups in total. The molecule has 2 amide bonds. The monoisotopic (exact) mass is 414 g/mol. The highest BCUT2D eigenvalue weighted by Gasteiger charge is 2.06. The number of nitrogens with one attached hydrogen (secondary N) is 2. The molecule has 0 unspecified atom stereocenters. The maximum atomic E-state index is 12.3. The third kappa shape index (κ3) is 5.08. The summed E-state index contributed by atoms with van der Waals surface area (Å²) in [6.45, 7) is 4.02. The van der Waals surface area contributed by atoms with Crippen LogP contribution in [-0.2, 0) is 6.61 Å². The average molecular weight is 414 g/mol. The minimum absolute atomic E-state index is 0.137. The van der Waals surface area contributed by atoms with Crippen LogP contribution in [-0.4, -0.2) is 15.4 Å². The first-order valence-corrected chi connectivity index (χ1v) is 9.83. The van der Waals surface area contributed by atoms with Crippen LogP contribution in [0.4, 0.5) is 16.2 Å². The number of hydrogen-bond donors (Lipinski definition) is 2. The van der Waals surface area contributed by atoms with Crippen molar-refractivity contribution in [2.24, 2.45) is 0 Å². The van der Waals surface area contributed by atoms with Crippen LogP contribution in [0.5, 0.6) is 5.75 Å². The second-order valence-electron chi connectivity index (χ2n) is 7.29. The Morgan fingerprint density at radius 3 is 2.45 bits per heavy atom. The van der Waals surface area contributed by atoms with Gasteiger partial charge in [-0.1, -0.05) is 24.3 Å². The van der Waals surface area contributed by atoms with Crippen molar-refractivity contribution in [2.45, 2.75) is 20.5 Å². The zero-order valence-corrected chi connectivity index (χ0v) is 17.3. The number of aromatic nitrogens is 2. The van der Waals surface area contributed by atoms with Crippen LogP contribution in [0.25, 0.3) is 5.65 Å². The fraction of sp³-hybridized carbons (Fsp3) is 0.125. The number of carbonyl (C=O) groups excluding carboxylic acids is 1. The summed E-state index contributed by atoms with van der Waals surface area (Å²) in [7, 11) is 0. The molecule has 0 spiro atoms. The van der Waals surface area contributed by atoms with E-state index in [2.05, 4.69) is 15.6 Å². The molecule has 0 bridgehead atoms. The zero-order valence-electron chi connectivity index (χ0n) is 17.3. The second-order valence-corrected chi connectivity index (χ2v) is 7.29. The van der Waals surface area contributed by atoms with Gasteiger partial charge >= 0.3 is 6.03 Å². The van der Waals surface area contributed by atoms with E-state index < -0.39 is 0 Å². The number of urea groups is 1. The number of hydrogen-bond acceptors (Lipinski definition) is 4. The van der Waals surface area contributed by atoms with Crippen molar-refractivity contribution in [2.75, 3.05) is 10.6 Å². The number of pyridine rings is 1. The molecule has 7 heteroatoms.